The molecule has 1 aromatic heterocycles. The smallest absolute Gasteiger partial charge is 0.322 e. The monoisotopic (exact) mass is 300 g/mol. The van der Waals surface area contributed by atoms with E-state index in [4.69, 9.17) is 5.73 Å². The minimum absolute atomic E-state index is 0.0287. The summed E-state index contributed by atoms with van der Waals surface area (Å²) in [4.78, 5) is 23.6. The van der Waals surface area contributed by atoms with Gasteiger partial charge in [0.25, 0.3) is 5.56 Å². The second-order valence-corrected chi connectivity index (χ2v) is 5.32. The molecule has 0 aliphatic heterocycles. The van der Waals surface area contributed by atoms with E-state index < -0.39 is 12.0 Å². The fourth-order valence-corrected chi connectivity index (χ4v) is 2.37. The molecule has 2 aromatic rings. The van der Waals surface area contributed by atoms with Gasteiger partial charge in [-0.05, 0) is 36.1 Å². The van der Waals surface area contributed by atoms with Crippen LogP contribution in [0.1, 0.15) is 11.1 Å². The van der Waals surface area contributed by atoms with Crippen molar-refractivity contribution in [2.75, 3.05) is 7.11 Å². The van der Waals surface area contributed by atoms with Crippen LogP contribution in [0.25, 0.3) is 11.1 Å². The van der Waals surface area contributed by atoms with E-state index >= 15 is 0 Å². The number of aromatic nitrogens is 1. The summed E-state index contributed by atoms with van der Waals surface area (Å²) < 4.78 is 6.17. The predicted octanol–water partition coefficient (Wildman–Crippen LogP) is 1.40. The zero-order valence-corrected chi connectivity index (χ0v) is 13.0. The number of aryl methyl sites for hydroxylation is 2. The number of nitrogens with two attached hydrogens (primary N) is 1. The molecule has 22 heavy (non-hydrogen) atoms. The highest BCUT2D eigenvalue weighted by atomic mass is 16.5. The topological polar surface area (TPSA) is 74.3 Å². The lowest BCUT2D eigenvalue weighted by atomic mass is 9.99. The Kier molecular flexibility index (Phi) is 4.78. The maximum atomic E-state index is 12.3. The molecular weight excluding hydrogens is 280 g/mol. The molecule has 0 radical (unpaired) electrons. The first kappa shape index (κ1) is 16.0. The van der Waals surface area contributed by atoms with E-state index in [0.717, 1.165) is 16.7 Å². The molecule has 5 heteroatoms. The van der Waals surface area contributed by atoms with Crippen LogP contribution in [0, 0.1) is 6.92 Å². The van der Waals surface area contributed by atoms with Crippen LogP contribution in [0.5, 0.6) is 0 Å². The minimum atomic E-state index is -0.679. The van der Waals surface area contributed by atoms with Gasteiger partial charge in [-0.15, -0.1) is 0 Å². The number of hydrogen-bond acceptors (Lipinski definition) is 4. The normalized spacial score (nSPS) is 12.0. The van der Waals surface area contributed by atoms with Crippen LogP contribution in [-0.2, 0) is 23.0 Å². The van der Waals surface area contributed by atoms with Crippen molar-refractivity contribution in [3.63, 3.8) is 0 Å². The van der Waals surface area contributed by atoms with E-state index in [1.54, 1.807) is 17.8 Å². The van der Waals surface area contributed by atoms with Crippen molar-refractivity contribution >= 4 is 5.97 Å². The van der Waals surface area contributed by atoms with E-state index in [1.165, 1.54) is 7.11 Å². The van der Waals surface area contributed by atoms with Crippen molar-refractivity contribution in [2.45, 2.75) is 19.4 Å². The Morgan fingerprint density at radius 1 is 1.27 bits per heavy atom. The second-order valence-electron chi connectivity index (χ2n) is 5.32. The van der Waals surface area contributed by atoms with Gasteiger partial charge in [0.2, 0.25) is 0 Å². The van der Waals surface area contributed by atoms with Crippen LogP contribution >= 0.6 is 0 Å². The molecule has 0 aliphatic rings. The molecule has 2 rings (SSSR count). The zero-order chi connectivity index (χ0) is 16.3. The van der Waals surface area contributed by atoms with Gasteiger partial charge < -0.3 is 15.0 Å². The molecular formula is C17H20N2O3. The van der Waals surface area contributed by atoms with E-state index in [2.05, 4.69) is 4.74 Å². The molecule has 116 valence electrons. The van der Waals surface area contributed by atoms with Crippen LogP contribution in [0.2, 0.25) is 0 Å². The number of pyridine rings is 1. The van der Waals surface area contributed by atoms with Crippen molar-refractivity contribution in [2.24, 2.45) is 12.8 Å². The highest BCUT2D eigenvalue weighted by Gasteiger charge is 2.14. The van der Waals surface area contributed by atoms with Crippen molar-refractivity contribution in [1.82, 2.24) is 4.57 Å². The summed E-state index contributed by atoms with van der Waals surface area (Å²) in [6.07, 6.45) is 2.16. The third-order valence-electron chi connectivity index (χ3n) is 3.68. The number of esters is 1. The molecule has 0 amide bonds. The van der Waals surface area contributed by atoms with Gasteiger partial charge in [-0.25, -0.2) is 0 Å². The van der Waals surface area contributed by atoms with Gasteiger partial charge in [0.1, 0.15) is 6.04 Å². The molecule has 1 aromatic carbocycles. The largest absolute Gasteiger partial charge is 0.468 e. The average molecular weight is 300 g/mol. The van der Waals surface area contributed by atoms with Gasteiger partial charge >= 0.3 is 5.97 Å². The van der Waals surface area contributed by atoms with Crippen molar-refractivity contribution in [1.29, 1.82) is 0 Å². The standard InChI is InChI=1S/C17H20N2O3/c1-11-8-9-19(2)16(20)15(11)13-6-4-12(5-7-13)10-14(18)17(21)22-3/h4-9,14H,10,18H2,1-3H3. The van der Waals surface area contributed by atoms with Crippen molar-refractivity contribution in [3.8, 4) is 11.1 Å². The Morgan fingerprint density at radius 3 is 2.50 bits per heavy atom. The summed E-state index contributed by atoms with van der Waals surface area (Å²) in [7, 11) is 3.05. The maximum Gasteiger partial charge on any atom is 0.322 e. The molecule has 5 nitrogen and oxygen atoms in total. The molecule has 0 bridgehead atoms. The third kappa shape index (κ3) is 3.26. The zero-order valence-electron chi connectivity index (χ0n) is 13.0. The van der Waals surface area contributed by atoms with Crippen LogP contribution in [0.3, 0.4) is 0 Å². The Hall–Kier alpha value is -2.40. The van der Waals surface area contributed by atoms with Crippen molar-refractivity contribution < 1.29 is 9.53 Å². The van der Waals surface area contributed by atoms with Crippen LogP contribution < -0.4 is 11.3 Å². The lowest BCUT2D eigenvalue weighted by Crippen LogP contribution is -2.33. The van der Waals surface area contributed by atoms with Gasteiger partial charge in [-0.1, -0.05) is 24.3 Å². The molecule has 2 N–H and O–H groups in total. The van der Waals surface area contributed by atoms with Gasteiger partial charge in [-0.2, -0.15) is 0 Å². The number of rotatable bonds is 4. The Balaban J connectivity index is 2.29. The fraction of sp³-hybridized carbons (Fsp3) is 0.294. The SMILES string of the molecule is COC(=O)C(N)Cc1ccc(-c2c(C)ccn(C)c2=O)cc1. The molecule has 1 atom stereocenters. The summed E-state index contributed by atoms with van der Waals surface area (Å²) >= 11 is 0. The first-order valence-corrected chi connectivity index (χ1v) is 7.03. The van der Waals surface area contributed by atoms with Crippen LogP contribution in [-0.4, -0.2) is 23.7 Å². The first-order valence-electron chi connectivity index (χ1n) is 7.03. The molecule has 1 unspecified atom stereocenters. The summed E-state index contributed by atoms with van der Waals surface area (Å²) in [6, 6.07) is 8.75. The summed E-state index contributed by atoms with van der Waals surface area (Å²) in [5, 5.41) is 0. The van der Waals surface area contributed by atoms with E-state index in [9.17, 15) is 9.59 Å². The summed E-state index contributed by atoms with van der Waals surface area (Å²) in [6.45, 7) is 1.91. The molecule has 0 saturated carbocycles. The minimum Gasteiger partial charge on any atom is -0.468 e. The number of ether oxygens (including phenoxy) is 1. The summed E-state index contributed by atoms with van der Waals surface area (Å²) in [5.74, 6) is -0.433. The number of benzene rings is 1. The molecule has 0 spiro atoms. The number of methoxy groups -OCH3 is 1. The van der Waals surface area contributed by atoms with E-state index in [1.807, 2.05) is 37.3 Å². The first-order chi connectivity index (χ1) is 10.4. The van der Waals surface area contributed by atoms with Gasteiger partial charge in [0.15, 0.2) is 0 Å². The van der Waals surface area contributed by atoms with Crippen molar-refractivity contribution in [3.05, 3.63) is 58.0 Å². The maximum absolute atomic E-state index is 12.3. The van der Waals surface area contributed by atoms with Gasteiger partial charge in [0.05, 0.1) is 12.7 Å². The number of nitrogens with zero attached hydrogens (tertiary/aromatic N) is 1. The quantitative estimate of drug-likeness (QED) is 0.866. The highest BCUT2D eigenvalue weighted by molar-refractivity contribution is 5.75. The van der Waals surface area contributed by atoms with Gasteiger partial charge in [-0.3, -0.25) is 9.59 Å². The molecule has 1 heterocycles. The fourth-order valence-electron chi connectivity index (χ4n) is 2.37. The van der Waals surface area contributed by atoms with Crippen LogP contribution in [0.4, 0.5) is 0 Å². The Morgan fingerprint density at radius 2 is 1.91 bits per heavy atom. The second kappa shape index (κ2) is 6.58. The summed E-state index contributed by atoms with van der Waals surface area (Å²) in [5.41, 5.74) is 9.12. The molecule has 0 saturated heterocycles. The van der Waals surface area contributed by atoms with E-state index in [-0.39, 0.29) is 5.56 Å². The number of hydrogen-bond donors (Lipinski definition) is 1. The Bertz CT molecular complexity index is 733. The third-order valence-corrected chi connectivity index (χ3v) is 3.68. The van der Waals surface area contributed by atoms with E-state index in [0.29, 0.717) is 12.0 Å². The average Bonchev–Trinajstić information content (AvgIpc) is 2.52. The number of carbonyl (C=O) groups is 1. The predicted molar refractivity (Wildman–Crippen MR) is 85.6 cm³/mol. The van der Waals surface area contributed by atoms with Gasteiger partial charge in [0, 0.05) is 13.2 Å². The highest BCUT2D eigenvalue weighted by Crippen LogP contribution is 2.20. The lowest BCUT2D eigenvalue weighted by molar-refractivity contribution is -0.142. The Labute approximate surface area is 129 Å². The number of carbonyl (C=O) groups excluding carboxylic acids is 1. The lowest BCUT2D eigenvalue weighted by Gasteiger charge is -2.11. The molecule has 0 fully saturated rings. The van der Waals surface area contributed by atoms with Crippen LogP contribution in [0.15, 0.2) is 41.3 Å². The molecule has 0 aliphatic carbocycles.